The summed E-state index contributed by atoms with van der Waals surface area (Å²) in [4.78, 5) is 12.3. The van der Waals surface area contributed by atoms with Gasteiger partial charge >= 0.3 is 6.18 Å². The molecule has 1 N–H and O–H groups in total. The molecule has 0 radical (unpaired) electrons. The van der Waals surface area contributed by atoms with E-state index < -0.39 is 17.8 Å². The molecule has 2 heterocycles. The second-order valence-corrected chi connectivity index (χ2v) is 6.29. The molecular weight excluding hydrogens is 351 g/mol. The van der Waals surface area contributed by atoms with Crippen molar-refractivity contribution in [1.82, 2.24) is 9.78 Å². The zero-order valence-electron chi connectivity index (χ0n) is 13.7. The van der Waals surface area contributed by atoms with Gasteiger partial charge in [0.25, 0.3) is 0 Å². The molecule has 0 unspecified atom stereocenters. The number of benzene rings is 1. The van der Waals surface area contributed by atoms with Crippen LogP contribution < -0.4 is 14.8 Å². The summed E-state index contributed by atoms with van der Waals surface area (Å²) >= 11 is 0. The third kappa shape index (κ3) is 3.47. The summed E-state index contributed by atoms with van der Waals surface area (Å²) in [5.41, 5.74) is -0.0309. The first-order chi connectivity index (χ1) is 12.4. The largest absolute Gasteiger partial charge is 0.486 e. The molecule has 26 heavy (non-hydrogen) atoms. The van der Waals surface area contributed by atoms with Gasteiger partial charge in [-0.25, -0.2) is 0 Å². The number of ether oxygens (including phenoxy) is 2. The predicted molar refractivity (Wildman–Crippen MR) is 85.3 cm³/mol. The number of carbonyl (C=O) groups excluding carboxylic acids is 1. The van der Waals surface area contributed by atoms with Gasteiger partial charge in [0.05, 0.1) is 0 Å². The Hall–Kier alpha value is -2.71. The summed E-state index contributed by atoms with van der Waals surface area (Å²) < 4.78 is 50.7. The Bertz CT molecular complexity index is 844. The zero-order chi connectivity index (χ0) is 18.3. The summed E-state index contributed by atoms with van der Waals surface area (Å²) in [6.45, 7) is 0.600. The quantitative estimate of drug-likeness (QED) is 0.901. The number of halogens is 3. The van der Waals surface area contributed by atoms with Crippen LogP contribution in [0.4, 0.5) is 18.9 Å². The highest BCUT2D eigenvalue weighted by Gasteiger charge is 2.38. The molecule has 0 bridgehead atoms. The van der Waals surface area contributed by atoms with E-state index in [4.69, 9.17) is 9.47 Å². The molecule has 6 nitrogen and oxygen atoms in total. The number of aromatic nitrogens is 2. The third-order valence-electron chi connectivity index (χ3n) is 4.22. The van der Waals surface area contributed by atoms with Gasteiger partial charge < -0.3 is 14.8 Å². The number of nitrogens with one attached hydrogen (secondary N) is 1. The number of amides is 1. The van der Waals surface area contributed by atoms with Gasteiger partial charge in [-0.2, -0.15) is 18.3 Å². The molecule has 9 heteroatoms. The molecule has 2 aromatic rings. The maximum atomic E-state index is 12.9. The Morgan fingerprint density at radius 2 is 1.92 bits per heavy atom. The molecule has 0 saturated heterocycles. The second-order valence-electron chi connectivity index (χ2n) is 6.29. The van der Waals surface area contributed by atoms with Crippen LogP contribution in [0.15, 0.2) is 24.3 Å². The Balaban J connectivity index is 1.49. The van der Waals surface area contributed by atoms with Gasteiger partial charge in [-0.1, -0.05) is 0 Å². The van der Waals surface area contributed by atoms with Crippen molar-refractivity contribution in [2.24, 2.45) is 0 Å². The SMILES string of the molecule is O=C(Cn1nc(C(F)(F)F)cc1C1CC1)Nc1ccc2c(c1)OCCO2. The van der Waals surface area contributed by atoms with E-state index in [9.17, 15) is 18.0 Å². The average Bonchev–Trinajstić information content (AvgIpc) is 3.34. The molecule has 1 fully saturated rings. The maximum Gasteiger partial charge on any atom is 0.435 e. The molecular formula is C17H16F3N3O3. The smallest absolute Gasteiger partial charge is 0.435 e. The fraction of sp³-hybridized carbons (Fsp3) is 0.412. The van der Waals surface area contributed by atoms with Crippen molar-refractivity contribution in [3.63, 3.8) is 0 Å². The minimum atomic E-state index is -4.53. The lowest BCUT2D eigenvalue weighted by Gasteiger charge is -2.19. The second kappa shape index (κ2) is 6.22. The zero-order valence-corrected chi connectivity index (χ0v) is 13.7. The maximum absolute atomic E-state index is 12.9. The summed E-state index contributed by atoms with van der Waals surface area (Å²) in [6.07, 6.45) is -2.90. The highest BCUT2D eigenvalue weighted by Crippen LogP contribution is 2.42. The van der Waals surface area contributed by atoms with Gasteiger partial charge in [0.1, 0.15) is 19.8 Å². The number of alkyl halides is 3. The van der Waals surface area contributed by atoms with Gasteiger partial charge in [0.2, 0.25) is 5.91 Å². The standard InChI is InChI=1S/C17H16F3N3O3/c18-17(19,20)15-8-12(10-1-2-10)23(22-15)9-16(24)21-11-3-4-13-14(7-11)26-6-5-25-13/h3-4,7-8,10H,1-2,5-6,9H2,(H,21,24). The summed E-state index contributed by atoms with van der Waals surface area (Å²) in [6, 6.07) is 5.99. The highest BCUT2D eigenvalue weighted by atomic mass is 19.4. The minimum absolute atomic E-state index is 0.0423. The van der Waals surface area contributed by atoms with E-state index >= 15 is 0 Å². The van der Waals surface area contributed by atoms with E-state index in [0.717, 1.165) is 23.6 Å². The van der Waals surface area contributed by atoms with Crippen molar-refractivity contribution < 1.29 is 27.4 Å². The normalized spacial score (nSPS) is 16.4. The van der Waals surface area contributed by atoms with E-state index in [1.807, 2.05) is 0 Å². The Morgan fingerprint density at radius 1 is 1.19 bits per heavy atom. The fourth-order valence-electron chi connectivity index (χ4n) is 2.86. The predicted octanol–water partition coefficient (Wildman–Crippen LogP) is 3.19. The minimum Gasteiger partial charge on any atom is -0.486 e. The number of rotatable bonds is 4. The van der Waals surface area contributed by atoms with Crippen LogP contribution >= 0.6 is 0 Å². The Kier molecular flexibility index (Phi) is 4.01. The topological polar surface area (TPSA) is 65.4 Å². The van der Waals surface area contributed by atoms with Crippen LogP contribution in [-0.2, 0) is 17.5 Å². The molecule has 1 aromatic heterocycles. The molecule has 4 rings (SSSR count). The van der Waals surface area contributed by atoms with Gasteiger partial charge in [-0.15, -0.1) is 0 Å². The van der Waals surface area contributed by atoms with Crippen molar-refractivity contribution in [2.45, 2.75) is 31.5 Å². The molecule has 1 saturated carbocycles. The summed E-state index contributed by atoms with van der Waals surface area (Å²) in [7, 11) is 0. The summed E-state index contributed by atoms with van der Waals surface area (Å²) in [5, 5.41) is 6.24. The van der Waals surface area contributed by atoms with Crippen molar-refractivity contribution >= 4 is 11.6 Å². The van der Waals surface area contributed by atoms with Crippen LogP contribution in [0.3, 0.4) is 0 Å². The Labute approximate surface area is 146 Å². The molecule has 1 amide bonds. The van der Waals surface area contributed by atoms with Crippen LogP contribution in [0.1, 0.15) is 30.1 Å². The van der Waals surface area contributed by atoms with Gasteiger partial charge in [0, 0.05) is 23.4 Å². The molecule has 1 aromatic carbocycles. The van der Waals surface area contributed by atoms with Crippen LogP contribution in [0, 0.1) is 0 Å². The van der Waals surface area contributed by atoms with Crippen LogP contribution in [0.5, 0.6) is 11.5 Å². The number of fused-ring (bicyclic) bond motifs is 1. The lowest BCUT2D eigenvalue weighted by Crippen LogP contribution is -2.21. The molecule has 1 aliphatic heterocycles. The molecule has 2 aliphatic rings. The first-order valence-corrected chi connectivity index (χ1v) is 8.24. The van der Waals surface area contributed by atoms with Crippen LogP contribution in [-0.4, -0.2) is 28.9 Å². The molecule has 1 aliphatic carbocycles. The van der Waals surface area contributed by atoms with Crippen LogP contribution in [0.2, 0.25) is 0 Å². The van der Waals surface area contributed by atoms with Crippen molar-refractivity contribution in [3.8, 4) is 11.5 Å². The van der Waals surface area contributed by atoms with Crippen molar-refractivity contribution in [1.29, 1.82) is 0 Å². The van der Waals surface area contributed by atoms with Gasteiger partial charge in [-0.05, 0) is 31.0 Å². The number of carbonyl (C=O) groups is 1. The lowest BCUT2D eigenvalue weighted by molar-refractivity contribution is -0.141. The molecule has 0 atom stereocenters. The van der Waals surface area contributed by atoms with E-state index in [1.165, 1.54) is 0 Å². The molecule has 0 spiro atoms. The van der Waals surface area contributed by atoms with E-state index in [2.05, 4.69) is 10.4 Å². The van der Waals surface area contributed by atoms with Crippen molar-refractivity contribution in [2.75, 3.05) is 18.5 Å². The van der Waals surface area contributed by atoms with E-state index in [0.29, 0.717) is 36.1 Å². The summed E-state index contributed by atoms with van der Waals surface area (Å²) in [5.74, 6) is 0.694. The number of nitrogens with zero attached hydrogens (tertiary/aromatic N) is 2. The van der Waals surface area contributed by atoms with E-state index in [-0.39, 0.29) is 12.5 Å². The molecule has 138 valence electrons. The van der Waals surface area contributed by atoms with Gasteiger partial charge in [0.15, 0.2) is 17.2 Å². The third-order valence-corrected chi connectivity index (χ3v) is 4.22. The Morgan fingerprint density at radius 3 is 2.62 bits per heavy atom. The van der Waals surface area contributed by atoms with E-state index in [1.54, 1.807) is 18.2 Å². The average molecular weight is 367 g/mol. The van der Waals surface area contributed by atoms with Crippen molar-refractivity contribution in [3.05, 3.63) is 35.7 Å². The first kappa shape index (κ1) is 16.7. The highest BCUT2D eigenvalue weighted by molar-refractivity contribution is 5.91. The number of anilines is 1. The van der Waals surface area contributed by atoms with Gasteiger partial charge in [-0.3, -0.25) is 9.48 Å². The first-order valence-electron chi connectivity index (χ1n) is 8.24. The number of hydrogen-bond acceptors (Lipinski definition) is 4. The number of hydrogen-bond donors (Lipinski definition) is 1. The van der Waals surface area contributed by atoms with Crippen LogP contribution in [0.25, 0.3) is 0 Å². The monoisotopic (exact) mass is 367 g/mol. The fourth-order valence-corrected chi connectivity index (χ4v) is 2.86. The lowest BCUT2D eigenvalue weighted by atomic mass is 10.2.